The number of hydrogen-bond donors (Lipinski definition) is 2. The average Bonchev–Trinajstić information content (AvgIpc) is 3.20. The van der Waals surface area contributed by atoms with Crippen molar-refractivity contribution in [2.45, 2.75) is 84.5 Å². The van der Waals surface area contributed by atoms with E-state index in [9.17, 15) is 14.4 Å². The lowest BCUT2D eigenvalue weighted by Crippen LogP contribution is -2.49. The first-order valence-electron chi connectivity index (χ1n) is 15.3. The fraction of sp³-hybridized carbons (Fsp3) is 0.562. The fourth-order valence-electron chi connectivity index (χ4n) is 6.10. The number of nitrogens with zero attached hydrogens (tertiary/aromatic N) is 4. The number of likely N-dealkylation sites (tertiary alicyclic amines) is 1. The van der Waals surface area contributed by atoms with Gasteiger partial charge < -0.3 is 29.6 Å². The van der Waals surface area contributed by atoms with Crippen molar-refractivity contribution in [1.82, 2.24) is 24.6 Å². The monoisotopic (exact) mass is 592 g/mol. The van der Waals surface area contributed by atoms with Crippen LogP contribution in [0.25, 0.3) is 10.9 Å². The van der Waals surface area contributed by atoms with Gasteiger partial charge in [-0.2, -0.15) is 5.10 Å². The number of aromatic amines is 1. The summed E-state index contributed by atoms with van der Waals surface area (Å²) in [7, 11) is 0. The van der Waals surface area contributed by atoms with Crippen LogP contribution in [0.4, 0.5) is 16.3 Å². The molecule has 1 aromatic carbocycles. The lowest BCUT2D eigenvalue weighted by molar-refractivity contribution is 0.0101. The van der Waals surface area contributed by atoms with E-state index in [2.05, 4.69) is 17.2 Å². The van der Waals surface area contributed by atoms with Crippen molar-refractivity contribution in [1.29, 1.82) is 0 Å². The number of amides is 2. The third kappa shape index (κ3) is 6.41. The topological polar surface area (TPSA) is 122 Å². The normalized spacial score (nSPS) is 19.3. The molecule has 2 N–H and O–H groups in total. The molecule has 0 bridgehead atoms. The zero-order valence-corrected chi connectivity index (χ0v) is 26.2. The lowest BCUT2D eigenvalue weighted by atomic mass is 9.85. The highest BCUT2D eigenvalue weighted by molar-refractivity contribution is 5.96. The summed E-state index contributed by atoms with van der Waals surface area (Å²) < 4.78 is 13.3. The van der Waals surface area contributed by atoms with Crippen LogP contribution < -0.4 is 10.9 Å². The zero-order chi connectivity index (χ0) is 30.9. The summed E-state index contributed by atoms with van der Waals surface area (Å²) in [5, 5.41) is 8.86. The molecule has 5 rings (SSSR count). The van der Waals surface area contributed by atoms with Gasteiger partial charge in [-0.05, 0) is 90.1 Å². The predicted molar refractivity (Wildman–Crippen MR) is 166 cm³/mol. The number of pyridine rings is 1. The first-order valence-corrected chi connectivity index (χ1v) is 15.3. The number of rotatable bonds is 5. The minimum Gasteiger partial charge on any atom is -0.444 e. The van der Waals surface area contributed by atoms with E-state index in [1.807, 2.05) is 68.5 Å². The van der Waals surface area contributed by atoms with Crippen LogP contribution in [-0.4, -0.2) is 81.1 Å². The second-order valence-electron chi connectivity index (χ2n) is 12.8. The Morgan fingerprint density at radius 1 is 1.16 bits per heavy atom. The second kappa shape index (κ2) is 12.0. The Balaban J connectivity index is 1.41. The fourth-order valence-corrected chi connectivity index (χ4v) is 6.10. The molecule has 232 valence electrons. The Hall–Kier alpha value is -3.86. The van der Waals surface area contributed by atoms with Gasteiger partial charge >= 0.3 is 6.09 Å². The van der Waals surface area contributed by atoms with Crippen LogP contribution in [0.3, 0.4) is 0 Å². The third-order valence-electron chi connectivity index (χ3n) is 8.52. The summed E-state index contributed by atoms with van der Waals surface area (Å²) >= 11 is 0. The van der Waals surface area contributed by atoms with E-state index >= 15 is 0 Å². The maximum atomic E-state index is 13.3. The van der Waals surface area contributed by atoms with E-state index in [1.165, 1.54) is 0 Å². The largest absolute Gasteiger partial charge is 0.444 e. The number of aryl methyl sites for hydroxylation is 1. The van der Waals surface area contributed by atoms with Gasteiger partial charge in [0.05, 0.1) is 17.2 Å². The Labute approximate surface area is 252 Å². The van der Waals surface area contributed by atoms with Crippen LogP contribution in [0.5, 0.6) is 0 Å². The first-order chi connectivity index (χ1) is 20.4. The number of aromatic nitrogens is 3. The van der Waals surface area contributed by atoms with Gasteiger partial charge in [0.1, 0.15) is 11.0 Å². The second-order valence-corrected chi connectivity index (χ2v) is 12.8. The molecule has 2 amide bonds. The van der Waals surface area contributed by atoms with Crippen LogP contribution in [0.1, 0.15) is 76.2 Å². The van der Waals surface area contributed by atoms with Crippen molar-refractivity contribution < 1.29 is 19.1 Å². The van der Waals surface area contributed by atoms with Crippen LogP contribution in [0.15, 0.2) is 35.3 Å². The summed E-state index contributed by atoms with van der Waals surface area (Å²) in [4.78, 5) is 45.5. The number of hydrogen-bond acceptors (Lipinski definition) is 7. The summed E-state index contributed by atoms with van der Waals surface area (Å²) in [6.45, 7) is 14.6. The quantitative estimate of drug-likeness (QED) is 0.420. The minimum atomic E-state index is -0.555. The highest BCUT2D eigenvalue weighted by Gasteiger charge is 2.39. The standard InChI is InChI=1S/C32H44N6O5/c1-7-32(12-16-36(17-13-32)30(41)43-31(4,5)6)38-25-11-14-33-28(39)26(25)27(35-38)34-24-10-9-23(19-21(24)2)29(40)37-15-8-18-42-22(3)20-37/h9-11,14,19,22H,7-8,12-13,15-18,20H2,1-6H3,(H,33,39)(H,34,35). The Morgan fingerprint density at radius 2 is 1.91 bits per heavy atom. The van der Waals surface area contributed by atoms with E-state index in [0.717, 1.165) is 29.6 Å². The average molecular weight is 593 g/mol. The minimum absolute atomic E-state index is 0.00549. The number of carbonyl (C=O) groups excluding carboxylic acids is 2. The molecule has 0 aliphatic carbocycles. The van der Waals surface area contributed by atoms with E-state index < -0.39 is 5.60 Å². The summed E-state index contributed by atoms with van der Waals surface area (Å²) in [6.07, 6.45) is 4.31. The molecule has 4 heterocycles. The van der Waals surface area contributed by atoms with Crippen LogP contribution in [0, 0.1) is 6.92 Å². The molecule has 2 aliphatic heterocycles. The molecule has 2 fully saturated rings. The van der Waals surface area contributed by atoms with Gasteiger partial charge in [0.15, 0.2) is 5.82 Å². The maximum absolute atomic E-state index is 13.3. The van der Waals surface area contributed by atoms with Crippen LogP contribution >= 0.6 is 0 Å². The first kappa shape index (κ1) is 30.6. The molecule has 2 saturated heterocycles. The van der Waals surface area contributed by atoms with E-state index in [1.54, 1.807) is 11.1 Å². The van der Waals surface area contributed by atoms with Gasteiger partial charge in [-0.1, -0.05) is 6.92 Å². The number of H-pyrrole nitrogens is 1. The van der Waals surface area contributed by atoms with Crippen molar-refractivity contribution in [3.63, 3.8) is 0 Å². The molecule has 0 radical (unpaired) electrons. The molecular weight excluding hydrogens is 548 g/mol. The molecule has 0 spiro atoms. The number of piperidine rings is 1. The number of fused-ring (bicyclic) bond motifs is 1. The summed E-state index contributed by atoms with van der Waals surface area (Å²) in [6, 6.07) is 7.45. The third-order valence-corrected chi connectivity index (χ3v) is 8.52. The van der Waals surface area contributed by atoms with E-state index in [-0.39, 0.29) is 29.2 Å². The van der Waals surface area contributed by atoms with Crippen molar-refractivity contribution in [2.75, 3.05) is 38.1 Å². The van der Waals surface area contributed by atoms with Gasteiger partial charge in [0.25, 0.3) is 11.5 Å². The molecule has 2 aromatic heterocycles. The molecule has 11 nitrogen and oxygen atoms in total. The number of carbonyl (C=O) groups is 2. The summed E-state index contributed by atoms with van der Waals surface area (Å²) in [5.41, 5.74) is 1.84. The molecule has 1 unspecified atom stereocenters. The van der Waals surface area contributed by atoms with Gasteiger partial charge in [0.2, 0.25) is 0 Å². The molecule has 0 saturated carbocycles. The van der Waals surface area contributed by atoms with Crippen LogP contribution in [0.2, 0.25) is 0 Å². The number of nitrogens with one attached hydrogen (secondary N) is 2. The predicted octanol–water partition coefficient (Wildman–Crippen LogP) is 5.16. The van der Waals surface area contributed by atoms with Crippen molar-refractivity contribution in [3.8, 4) is 0 Å². The van der Waals surface area contributed by atoms with Crippen LogP contribution in [-0.2, 0) is 15.0 Å². The number of benzene rings is 1. The highest BCUT2D eigenvalue weighted by atomic mass is 16.6. The Bertz CT molecular complexity index is 1550. The van der Waals surface area contributed by atoms with Crippen molar-refractivity contribution in [2.24, 2.45) is 0 Å². The highest BCUT2D eigenvalue weighted by Crippen LogP contribution is 2.38. The molecule has 3 aromatic rings. The summed E-state index contributed by atoms with van der Waals surface area (Å²) in [5.74, 6) is 0.445. The Morgan fingerprint density at radius 3 is 2.58 bits per heavy atom. The van der Waals surface area contributed by atoms with E-state index in [4.69, 9.17) is 14.6 Å². The number of anilines is 2. The number of ether oxygens (including phenoxy) is 2. The van der Waals surface area contributed by atoms with Gasteiger partial charge in [-0.25, -0.2) is 4.79 Å². The van der Waals surface area contributed by atoms with Crippen molar-refractivity contribution in [3.05, 3.63) is 51.9 Å². The molecule has 1 atom stereocenters. The zero-order valence-electron chi connectivity index (χ0n) is 26.2. The molecule has 43 heavy (non-hydrogen) atoms. The van der Waals surface area contributed by atoms with E-state index in [0.29, 0.717) is 62.4 Å². The lowest BCUT2D eigenvalue weighted by Gasteiger charge is -2.42. The Kier molecular flexibility index (Phi) is 8.56. The smallest absolute Gasteiger partial charge is 0.410 e. The van der Waals surface area contributed by atoms with Gasteiger partial charge in [0, 0.05) is 50.2 Å². The maximum Gasteiger partial charge on any atom is 0.410 e. The van der Waals surface area contributed by atoms with Gasteiger partial charge in [-0.3, -0.25) is 14.3 Å². The SMILES string of the molecule is CCC1(n2nc(Nc3ccc(C(=O)N4CCCOC(C)C4)cc3C)c3c(=O)[nH]ccc32)CCN(C(=O)OC(C)(C)C)CC1. The molecular formula is C32H44N6O5. The molecule has 2 aliphatic rings. The van der Waals surface area contributed by atoms with Gasteiger partial charge in [-0.15, -0.1) is 0 Å². The molecule has 11 heteroatoms. The van der Waals surface area contributed by atoms with Crippen molar-refractivity contribution >= 4 is 34.4 Å².